The molecule has 154 valence electrons. The molecule has 1 N–H and O–H groups in total. The zero-order valence-electron chi connectivity index (χ0n) is 16.6. The van der Waals surface area contributed by atoms with Crippen LogP contribution in [0.4, 0.5) is 0 Å². The number of methoxy groups -OCH3 is 2. The molecule has 4 fully saturated rings. The zero-order chi connectivity index (χ0) is 19.3. The summed E-state index contributed by atoms with van der Waals surface area (Å²) in [6, 6.07) is 0. The highest BCUT2D eigenvalue weighted by atomic mass is 16.7. The molecule has 0 aromatic heterocycles. The summed E-state index contributed by atoms with van der Waals surface area (Å²) in [5.41, 5.74) is -2.51. The van der Waals surface area contributed by atoms with Gasteiger partial charge in [-0.2, -0.15) is 0 Å². The van der Waals surface area contributed by atoms with Gasteiger partial charge in [-0.25, -0.2) is 0 Å². The molecular weight excluding hydrogens is 352 g/mol. The van der Waals surface area contributed by atoms with Crippen LogP contribution in [0.2, 0.25) is 0 Å². The monoisotopic (exact) mass is 384 g/mol. The first-order valence-electron chi connectivity index (χ1n) is 10.1. The van der Waals surface area contributed by atoms with E-state index < -0.39 is 22.2 Å². The molecule has 1 unspecified atom stereocenters. The van der Waals surface area contributed by atoms with E-state index in [0.29, 0.717) is 51.9 Å². The quantitative estimate of drug-likeness (QED) is 0.425. The molecule has 27 heavy (non-hydrogen) atoms. The van der Waals surface area contributed by atoms with Crippen molar-refractivity contribution in [1.29, 1.82) is 0 Å². The van der Waals surface area contributed by atoms with Gasteiger partial charge in [0.2, 0.25) is 0 Å². The zero-order valence-corrected chi connectivity index (χ0v) is 16.6. The fourth-order valence-electron chi connectivity index (χ4n) is 7.22. The van der Waals surface area contributed by atoms with Crippen molar-refractivity contribution in [2.75, 3.05) is 40.8 Å². The Morgan fingerprint density at radius 1 is 1.19 bits per heavy atom. The van der Waals surface area contributed by atoms with Gasteiger partial charge in [-0.3, -0.25) is 4.79 Å². The van der Waals surface area contributed by atoms with Gasteiger partial charge in [0.1, 0.15) is 12.2 Å². The number of aliphatic hydroxyl groups is 1. The summed E-state index contributed by atoms with van der Waals surface area (Å²) < 4.78 is 28.2. The molecule has 0 aromatic rings. The number of fused-ring (bicyclic) bond motifs is 6. The molecule has 1 spiro atoms. The van der Waals surface area contributed by atoms with Crippen LogP contribution in [-0.2, 0) is 28.5 Å². The number of ether oxygens (including phenoxy) is 5. The molecule has 0 amide bonds. The van der Waals surface area contributed by atoms with Crippen LogP contribution in [0.3, 0.4) is 0 Å². The smallest absolute Gasteiger partial charge is 0.315 e. The van der Waals surface area contributed by atoms with E-state index in [2.05, 4.69) is 6.92 Å². The summed E-state index contributed by atoms with van der Waals surface area (Å²) in [5.74, 6) is -1.18. The van der Waals surface area contributed by atoms with Crippen molar-refractivity contribution in [2.45, 2.75) is 56.8 Å². The van der Waals surface area contributed by atoms with Gasteiger partial charge in [-0.1, -0.05) is 6.92 Å². The molecule has 4 rings (SSSR count). The fourth-order valence-corrected chi connectivity index (χ4v) is 7.22. The standard InChI is InChI=1S/C20H32O7/c1-14-11-20(26-9-10-27-20)15-12-17(14,7-8-25-13-23-2)18(16(21)24-3)5-4-6-19(15,18)22/h14-15,22H,4-13H2,1-3H3/t14-,15?,17+,18+,19-/m0/s1. The highest BCUT2D eigenvalue weighted by Crippen LogP contribution is 2.77. The molecule has 0 aromatic carbocycles. The SMILES string of the molecule is COCOCC[C@@]12CC(C3(C[C@@H]1C)OCCO3)[C@@]1(O)CCC[C@@]21C(=O)OC. The van der Waals surface area contributed by atoms with E-state index in [-0.39, 0.29) is 24.6 Å². The van der Waals surface area contributed by atoms with Crippen molar-refractivity contribution in [3.63, 3.8) is 0 Å². The van der Waals surface area contributed by atoms with E-state index in [1.54, 1.807) is 7.11 Å². The largest absolute Gasteiger partial charge is 0.468 e. The Bertz CT molecular complexity index is 589. The minimum absolute atomic E-state index is 0.129. The highest BCUT2D eigenvalue weighted by Gasteiger charge is 2.83. The van der Waals surface area contributed by atoms with Gasteiger partial charge in [0.25, 0.3) is 0 Å². The molecule has 4 aliphatic rings. The van der Waals surface area contributed by atoms with Gasteiger partial charge >= 0.3 is 5.97 Å². The average molecular weight is 384 g/mol. The average Bonchev–Trinajstić information content (AvgIpc) is 3.30. The molecular formula is C20H32O7. The Labute approximate surface area is 160 Å². The van der Waals surface area contributed by atoms with E-state index in [1.807, 2.05) is 0 Å². The molecule has 7 nitrogen and oxygen atoms in total. The highest BCUT2D eigenvalue weighted by molar-refractivity contribution is 5.81. The van der Waals surface area contributed by atoms with Crippen LogP contribution in [0.1, 0.15) is 45.4 Å². The lowest BCUT2D eigenvalue weighted by molar-refractivity contribution is -0.251. The van der Waals surface area contributed by atoms with E-state index in [9.17, 15) is 9.90 Å². The summed E-state index contributed by atoms with van der Waals surface area (Å²) >= 11 is 0. The molecule has 3 saturated carbocycles. The van der Waals surface area contributed by atoms with Crippen LogP contribution in [0, 0.1) is 22.7 Å². The molecule has 3 aliphatic carbocycles. The molecule has 7 heteroatoms. The molecule has 1 saturated heterocycles. The van der Waals surface area contributed by atoms with Gasteiger partial charge in [-0.05, 0) is 43.4 Å². The van der Waals surface area contributed by atoms with Gasteiger partial charge in [-0.15, -0.1) is 0 Å². The molecule has 1 heterocycles. The maximum Gasteiger partial charge on any atom is 0.315 e. The van der Waals surface area contributed by atoms with E-state index in [1.165, 1.54) is 7.11 Å². The van der Waals surface area contributed by atoms with Gasteiger partial charge in [0, 0.05) is 19.4 Å². The first kappa shape index (κ1) is 19.6. The van der Waals surface area contributed by atoms with E-state index >= 15 is 0 Å². The maximum absolute atomic E-state index is 13.3. The van der Waals surface area contributed by atoms with Crippen LogP contribution in [-0.4, -0.2) is 63.3 Å². The summed E-state index contributed by atoms with van der Waals surface area (Å²) in [6.07, 6.45) is 4.07. The topological polar surface area (TPSA) is 83.5 Å². The second-order valence-corrected chi connectivity index (χ2v) is 8.77. The minimum atomic E-state index is -1.17. The van der Waals surface area contributed by atoms with Crippen molar-refractivity contribution in [3.05, 3.63) is 0 Å². The van der Waals surface area contributed by atoms with Gasteiger partial charge < -0.3 is 28.8 Å². The Hall–Kier alpha value is -0.730. The van der Waals surface area contributed by atoms with Crippen molar-refractivity contribution in [1.82, 2.24) is 0 Å². The molecule has 0 radical (unpaired) electrons. The number of carbonyl (C=O) groups excluding carboxylic acids is 1. The lowest BCUT2D eigenvalue weighted by Gasteiger charge is -2.51. The Balaban J connectivity index is 1.79. The van der Waals surface area contributed by atoms with Crippen LogP contribution in [0.15, 0.2) is 0 Å². The number of rotatable bonds is 6. The number of esters is 1. The molecule has 2 bridgehead atoms. The minimum Gasteiger partial charge on any atom is -0.468 e. The van der Waals surface area contributed by atoms with Gasteiger partial charge in [0.05, 0.1) is 32.5 Å². The first-order chi connectivity index (χ1) is 12.9. The van der Waals surface area contributed by atoms with Crippen molar-refractivity contribution in [2.24, 2.45) is 22.7 Å². The number of hydrogen-bond donors (Lipinski definition) is 1. The molecule has 1 aliphatic heterocycles. The van der Waals surface area contributed by atoms with Crippen molar-refractivity contribution in [3.8, 4) is 0 Å². The molecule has 5 atom stereocenters. The normalized spacial score (nSPS) is 44.6. The summed E-state index contributed by atoms with van der Waals surface area (Å²) in [5, 5.41) is 12.0. The maximum atomic E-state index is 13.3. The lowest BCUT2D eigenvalue weighted by Crippen LogP contribution is -2.57. The number of hydrogen-bond acceptors (Lipinski definition) is 7. The van der Waals surface area contributed by atoms with E-state index in [4.69, 9.17) is 23.7 Å². The van der Waals surface area contributed by atoms with Crippen LogP contribution < -0.4 is 0 Å². The third-order valence-corrected chi connectivity index (χ3v) is 8.11. The number of carbonyl (C=O) groups is 1. The second-order valence-electron chi connectivity index (χ2n) is 8.77. The third-order valence-electron chi connectivity index (χ3n) is 8.11. The summed E-state index contributed by atoms with van der Waals surface area (Å²) in [7, 11) is 3.02. The lowest BCUT2D eigenvalue weighted by atomic mass is 9.54. The third kappa shape index (κ3) is 2.29. The van der Waals surface area contributed by atoms with Crippen LogP contribution >= 0.6 is 0 Å². The van der Waals surface area contributed by atoms with Crippen molar-refractivity contribution < 1.29 is 33.6 Å². The van der Waals surface area contributed by atoms with Crippen LogP contribution in [0.25, 0.3) is 0 Å². The summed E-state index contributed by atoms with van der Waals surface area (Å²) in [6.45, 7) is 3.94. The Morgan fingerprint density at radius 2 is 1.93 bits per heavy atom. The predicted molar refractivity (Wildman–Crippen MR) is 94.7 cm³/mol. The first-order valence-corrected chi connectivity index (χ1v) is 10.1. The Morgan fingerprint density at radius 3 is 2.59 bits per heavy atom. The summed E-state index contributed by atoms with van der Waals surface area (Å²) in [4.78, 5) is 13.3. The fraction of sp³-hybridized carbons (Fsp3) is 0.950. The second kappa shape index (κ2) is 6.66. The van der Waals surface area contributed by atoms with E-state index in [0.717, 1.165) is 6.42 Å². The van der Waals surface area contributed by atoms with Crippen LogP contribution in [0.5, 0.6) is 0 Å². The Kier molecular flexibility index (Phi) is 4.83. The van der Waals surface area contributed by atoms with Gasteiger partial charge in [0.15, 0.2) is 5.79 Å². The van der Waals surface area contributed by atoms with Crippen molar-refractivity contribution >= 4 is 5.97 Å². The predicted octanol–water partition coefficient (Wildman–Crippen LogP) is 1.86.